The minimum absolute atomic E-state index is 0.407. The average Bonchev–Trinajstić information content (AvgIpc) is 3.19. The van der Waals surface area contributed by atoms with Crippen LogP contribution in [0.2, 0.25) is 0 Å². The molecule has 5 rings (SSSR count). The Morgan fingerprint density at radius 2 is 1.91 bits per heavy atom. The zero-order valence-electron chi connectivity index (χ0n) is 13.2. The van der Waals surface area contributed by atoms with Crippen molar-refractivity contribution in [2.75, 3.05) is 13.2 Å². The zero-order chi connectivity index (χ0) is 15.3. The van der Waals surface area contributed by atoms with Crippen molar-refractivity contribution in [2.45, 2.75) is 37.3 Å². The van der Waals surface area contributed by atoms with Crippen LogP contribution in [-0.4, -0.2) is 19.3 Å². The number of fused-ring (bicyclic) bond motifs is 3. The van der Waals surface area contributed by atoms with Gasteiger partial charge in [-0.05, 0) is 48.1 Å². The molecule has 2 atom stereocenters. The standard InChI is InChI=1S/C20H21NO2/c1-2-4-16-15(3-1)7-8-20(16)12-19(20)21-13-14-5-6-17-18(11-14)23-10-9-22-17/h1-6,11,19,21H,7-10,12-13H2. The quantitative estimate of drug-likeness (QED) is 0.944. The summed E-state index contributed by atoms with van der Waals surface area (Å²) in [5.41, 5.74) is 4.81. The lowest BCUT2D eigenvalue weighted by molar-refractivity contribution is 0.171. The van der Waals surface area contributed by atoms with Gasteiger partial charge in [-0.2, -0.15) is 0 Å². The second-order valence-electron chi connectivity index (χ2n) is 6.93. The maximum atomic E-state index is 5.67. The molecular formula is C20H21NO2. The summed E-state index contributed by atoms with van der Waals surface area (Å²) in [5.74, 6) is 1.75. The van der Waals surface area contributed by atoms with E-state index in [0.717, 1.165) is 18.0 Å². The van der Waals surface area contributed by atoms with Gasteiger partial charge in [0, 0.05) is 18.0 Å². The Hall–Kier alpha value is -2.00. The van der Waals surface area contributed by atoms with Gasteiger partial charge in [-0.15, -0.1) is 0 Å². The molecule has 1 N–H and O–H groups in total. The minimum atomic E-state index is 0.407. The lowest BCUT2D eigenvalue weighted by Gasteiger charge is -2.19. The summed E-state index contributed by atoms with van der Waals surface area (Å²) in [6, 6.07) is 15.9. The number of ether oxygens (including phenoxy) is 2. The molecule has 3 heteroatoms. The predicted octanol–water partition coefficient (Wildman–Crippen LogP) is 3.20. The molecule has 2 unspecified atom stereocenters. The van der Waals surface area contributed by atoms with Gasteiger partial charge in [0.2, 0.25) is 0 Å². The van der Waals surface area contributed by atoms with Gasteiger partial charge in [0.25, 0.3) is 0 Å². The van der Waals surface area contributed by atoms with Gasteiger partial charge in [0.15, 0.2) is 11.5 Å². The first-order chi connectivity index (χ1) is 11.4. The van der Waals surface area contributed by atoms with Crippen molar-refractivity contribution < 1.29 is 9.47 Å². The van der Waals surface area contributed by atoms with Crippen molar-refractivity contribution in [1.82, 2.24) is 5.32 Å². The third kappa shape index (κ3) is 2.14. The van der Waals surface area contributed by atoms with E-state index < -0.39 is 0 Å². The van der Waals surface area contributed by atoms with Crippen LogP contribution >= 0.6 is 0 Å². The second kappa shape index (κ2) is 5.00. The summed E-state index contributed by atoms with van der Waals surface area (Å²) >= 11 is 0. The van der Waals surface area contributed by atoms with Crippen LogP contribution in [-0.2, 0) is 18.4 Å². The molecular weight excluding hydrogens is 286 g/mol. The SMILES string of the molecule is c1ccc2c(c1)CCC21CC1NCc1ccc2c(c1)OCCO2. The first kappa shape index (κ1) is 13.4. The normalized spacial score (nSPS) is 27.0. The maximum Gasteiger partial charge on any atom is 0.161 e. The lowest BCUT2D eigenvalue weighted by Crippen LogP contribution is -2.24. The number of aryl methyl sites for hydroxylation is 1. The highest BCUT2D eigenvalue weighted by molar-refractivity contribution is 5.47. The van der Waals surface area contributed by atoms with E-state index in [0.29, 0.717) is 24.7 Å². The van der Waals surface area contributed by atoms with Crippen molar-refractivity contribution in [2.24, 2.45) is 0 Å². The van der Waals surface area contributed by atoms with Crippen LogP contribution in [0, 0.1) is 0 Å². The fourth-order valence-corrected chi connectivity index (χ4v) is 4.30. The van der Waals surface area contributed by atoms with E-state index in [2.05, 4.69) is 41.7 Å². The molecule has 0 radical (unpaired) electrons. The third-order valence-corrected chi connectivity index (χ3v) is 5.63. The van der Waals surface area contributed by atoms with Gasteiger partial charge in [-0.1, -0.05) is 30.3 Å². The molecule has 0 bridgehead atoms. The Balaban J connectivity index is 1.28. The predicted molar refractivity (Wildman–Crippen MR) is 89.1 cm³/mol. The lowest BCUT2D eigenvalue weighted by atomic mass is 9.97. The van der Waals surface area contributed by atoms with E-state index in [-0.39, 0.29) is 0 Å². The number of hydrogen-bond donors (Lipinski definition) is 1. The van der Waals surface area contributed by atoms with Crippen LogP contribution in [0.1, 0.15) is 29.5 Å². The van der Waals surface area contributed by atoms with Crippen LogP contribution in [0.5, 0.6) is 11.5 Å². The molecule has 2 aromatic carbocycles. The van der Waals surface area contributed by atoms with E-state index in [9.17, 15) is 0 Å². The highest BCUT2D eigenvalue weighted by Gasteiger charge is 2.57. The van der Waals surface area contributed by atoms with Crippen molar-refractivity contribution in [1.29, 1.82) is 0 Å². The van der Waals surface area contributed by atoms with E-state index >= 15 is 0 Å². The number of hydrogen-bond acceptors (Lipinski definition) is 3. The Morgan fingerprint density at radius 1 is 1.04 bits per heavy atom. The monoisotopic (exact) mass is 307 g/mol. The van der Waals surface area contributed by atoms with Gasteiger partial charge in [0.1, 0.15) is 13.2 Å². The van der Waals surface area contributed by atoms with Crippen LogP contribution < -0.4 is 14.8 Å². The molecule has 2 aliphatic carbocycles. The molecule has 0 amide bonds. The molecule has 0 aromatic heterocycles. The van der Waals surface area contributed by atoms with Crippen LogP contribution in [0.25, 0.3) is 0 Å². The summed E-state index contributed by atoms with van der Waals surface area (Å²) in [7, 11) is 0. The van der Waals surface area contributed by atoms with Crippen molar-refractivity contribution in [3.8, 4) is 11.5 Å². The molecule has 1 fully saturated rings. The highest BCUT2D eigenvalue weighted by atomic mass is 16.6. The third-order valence-electron chi connectivity index (χ3n) is 5.63. The summed E-state index contributed by atoms with van der Waals surface area (Å²) in [6.07, 6.45) is 3.80. The Morgan fingerprint density at radius 3 is 2.87 bits per heavy atom. The summed E-state index contributed by atoms with van der Waals surface area (Å²) in [4.78, 5) is 0. The van der Waals surface area contributed by atoms with Gasteiger partial charge >= 0.3 is 0 Å². The fraction of sp³-hybridized carbons (Fsp3) is 0.400. The Bertz CT molecular complexity index is 757. The summed E-state index contributed by atoms with van der Waals surface area (Å²) < 4.78 is 11.3. The van der Waals surface area contributed by atoms with Crippen LogP contribution in [0.4, 0.5) is 0 Å². The zero-order valence-corrected chi connectivity index (χ0v) is 13.2. The minimum Gasteiger partial charge on any atom is -0.486 e. The van der Waals surface area contributed by atoms with E-state index in [4.69, 9.17) is 9.47 Å². The Labute approximate surface area is 136 Å². The first-order valence-electron chi connectivity index (χ1n) is 8.55. The molecule has 1 spiro atoms. The van der Waals surface area contributed by atoms with Crippen molar-refractivity contribution in [3.05, 3.63) is 59.2 Å². The van der Waals surface area contributed by atoms with Crippen LogP contribution in [0.15, 0.2) is 42.5 Å². The second-order valence-corrected chi connectivity index (χ2v) is 6.93. The first-order valence-corrected chi connectivity index (χ1v) is 8.55. The summed E-state index contributed by atoms with van der Waals surface area (Å²) in [6.45, 7) is 2.19. The molecule has 23 heavy (non-hydrogen) atoms. The fourth-order valence-electron chi connectivity index (χ4n) is 4.30. The number of benzene rings is 2. The molecule has 1 aliphatic heterocycles. The van der Waals surface area contributed by atoms with Crippen molar-refractivity contribution in [3.63, 3.8) is 0 Å². The van der Waals surface area contributed by atoms with Crippen molar-refractivity contribution >= 4 is 0 Å². The molecule has 3 aliphatic rings. The topological polar surface area (TPSA) is 30.5 Å². The maximum absolute atomic E-state index is 5.67. The largest absolute Gasteiger partial charge is 0.486 e. The molecule has 118 valence electrons. The van der Waals surface area contributed by atoms with Gasteiger partial charge in [0.05, 0.1) is 0 Å². The number of nitrogens with one attached hydrogen (secondary N) is 1. The highest BCUT2D eigenvalue weighted by Crippen LogP contribution is 2.56. The van der Waals surface area contributed by atoms with Crippen LogP contribution in [0.3, 0.4) is 0 Å². The van der Waals surface area contributed by atoms with Gasteiger partial charge in [-0.25, -0.2) is 0 Å². The Kier molecular flexibility index (Phi) is 2.92. The summed E-state index contributed by atoms with van der Waals surface area (Å²) in [5, 5.41) is 3.76. The smallest absolute Gasteiger partial charge is 0.161 e. The average molecular weight is 307 g/mol. The van der Waals surface area contributed by atoms with E-state index in [1.54, 1.807) is 11.1 Å². The molecule has 1 saturated carbocycles. The molecule has 3 nitrogen and oxygen atoms in total. The molecule has 1 heterocycles. The molecule has 0 saturated heterocycles. The van der Waals surface area contributed by atoms with Gasteiger partial charge < -0.3 is 14.8 Å². The molecule has 2 aromatic rings. The van der Waals surface area contributed by atoms with Gasteiger partial charge in [-0.3, -0.25) is 0 Å². The number of rotatable bonds is 3. The van der Waals surface area contributed by atoms with E-state index in [1.165, 1.54) is 24.8 Å². The van der Waals surface area contributed by atoms with E-state index in [1.807, 2.05) is 6.07 Å².